The summed E-state index contributed by atoms with van der Waals surface area (Å²) in [5.74, 6) is -0.507. The summed E-state index contributed by atoms with van der Waals surface area (Å²) < 4.78 is 10.8. The average molecular weight is 378 g/mol. The van der Waals surface area contributed by atoms with Crippen molar-refractivity contribution in [1.82, 2.24) is 0 Å². The van der Waals surface area contributed by atoms with Gasteiger partial charge in [0.15, 0.2) is 0 Å². The number of halogens is 1. The van der Waals surface area contributed by atoms with Crippen LogP contribution in [0.3, 0.4) is 0 Å². The van der Waals surface area contributed by atoms with Gasteiger partial charge < -0.3 is 9.47 Å². The fourth-order valence-electron chi connectivity index (χ4n) is 1.87. The highest BCUT2D eigenvalue weighted by Gasteiger charge is 2.15. The van der Waals surface area contributed by atoms with E-state index in [4.69, 9.17) is 9.47 Å². The molecule has 2 rings (SSSR count). The third-order valence-corrected chi connectivity index (χ3v) is 3.42. The molecule has 0 atom stereocenters. The molecule has 0 saturated carbocycles. The molecule has 0 spiro atoms. The predicted molar refractivity (Wildman–Crippen MR) is 90.3 cm³/mol. The van der Waals surface area contributed by atoms with Gasteiger partial charge >= 0.3 is 12.1 Å². The van der Waals surface area contributed by atoms with Crippen molar-refractivity contribution in [2.75, 3.05) is 11.9 Å². The zero-order chi connectivity index (χ0) is 16.7. The molecule has 2 aromatic carbocycles. The number of hydrogen-bond donors (Lipinski definition) is 1. The normalized spacial score (nSPS) is 10.0. The molecule has 0 aliphatic heterocycles. The average Bonchev–Trinajstić information content (AvgIpc) is 2.56. The molecule has 0 heterocycles. The first-order chi connectivity index (χ1) is 11.1. The van der Waals surface area contributed by atoms with Crippen LogP contribution >= 0.6 is 15.9 Å². The molecule has 0 saturated heterocycles. The number of hydrogen-bond acceptors (Lipinski definition) is 4. The van der Waals surface area contributed by atoms with Crippen molar-refractivity contribution in [3.05, 3.63) is 64.1 Å². The van der Waals surface area contributed by atoms with Crippen LogP contribution < -0.4 is 5.32 Å². The van der Waals surface area contributed by atoms with Crippen LogP contribution in [-0.4, -0.2) is 18.7 Å². The van der Waals surface area contributed by atoms with Crippen LogP contribution in [0, 0.1) is 0 Å². The molecule has 5 nitrogen and oxygen atoms in total. The third kappa shape index (κ3) is 5.10. The molecule has 0 unspecified atom stereocenters. The molecular formula is C17H16BrNO4. The van der Waals surface area contributed by atoms with Gasteiger partial charge in [0, 0.05) is 4.47 Å². The molecular weight excluding hydrogens is 362 g/mol. The lowest BCUT2D eigenvalue weighted by Gasteiger charge is -2.11. The first kappa shape index (κ1) is 17.0. The number of carbonyl (C=O) groups excluding carboxylic acids is 2. The molecule has 0 radical (unpaired) electrons. The monoisotopic (exact) mass is 377 g/mol. The largest absolute Gasteiger partial charge is 0.462 e. The lowest BCUT2D eigenvalue weighted by atomic mass is 10.2. The van der Waals surface area contributed by atoms with Crippen LogP contribution in [0.2, 0.25) is 0 Å². The zero-order valence-corrected chi connectivity index (χ0v) is 14.1. The van der Waals surface area contributed by atoms with E-state index in [0.29, 0.717) is 10.2 Å². The van der Waals surface area contributed by atoms with Crippen molar-refractivity contribution in [1.29, 1.82) is 0 Å². The molecule has 2 aromatic rings. The molecule has 0 aromatic heterocycles. The first-order valence-corrected chi connectivity index (χ1v) is 7.84. The second kappa shape index (κ2) is 8.33. The quantitative estimate of drug-likeness (QED) is 0.785. The summed E-state index contributed by atoms with van der Waals surface area (Å²) >= 11 is 3.29. The highest BCUT2D eigenvalue weighted by molar-refractivity contribution is 9.10. The minimum absolute atomic E-state index is 0.151. The number of esters is 1. The maximum absolute atomic E-state index is 11.9. The first-order valence-electron chi connectivity index (χ1n) is 7.04. The van der Waals surface area contributed by atoms with Gasteiger partial charge in [-0.3, -0.25) is 5.32 Å². The van der Waals surface area contributed by atoms with E-state index in [1.54, 1.807) is 25.1 Å². The van der Waals surface area contributed by atoms with E-state index in [1.807, 2.05) is 30.3 Å². The Morgan fingerprint density at radius 2 is 1.83 bits per heavy atom. The standard InChI is InChI=1S/C17H16BrNO4/c1-2-22-16(20)14-10-13(18)8-9-15(14)19-17(21)23-11-12-6-4-3-5-7-12/h3-10H,2,11H2,1H3,(H,19,21). The zero-order valence-electron chi connectivity index (χ0n) is 12.5. The Bertz CT molecular complexity index is 688. The highest BCUT2D eigenvalue weighted by Crippen LogP contribution is 2.22. The topological polar surface area (TPSA) is 64.6 Å². The minimum atomic E-state index is -0.637. The second-order valence-corrected chi connectivity index (χ2v) is 5.51. The van der Waals surface area contributed by atoms with E-state index < -0.39 is 12.1 Å². The number of benzene rings is 2. The maximum atomic E-state index is 11.9. The van der Waals surface area contributed by atoms with Crippen molar-refractivity contribution in [3.8, 4) is 0 Å². The van der Waals surface area contributed by atoms with E-state index >= 15 is 0 Å². The number of anilines is 1. The molecule has 1 amide bonds. The molecule has 23 heavy (non-hydrogen) atoms. The SMILES string of the molecule is CCOC(=O)c1cc(Br)ccc1NC(=O)OCc1ccccc1. The van der Waals surface area contributed by atoms with Crippen molar-refractivity contribution < 1.29 is 19.1 Å². The van der Waals surface area contributed by atoms with E-state index in [0.717, 1.165) is 5.56 Å². The summed E-state index contributed by atoms with van der Waals surface area (Å²) in [6.07, 6.45) is -0.637. The van der Waals surface area contributed by atoms with Gasteiger partial charge in [-0.2, -0.15) is 0 Å². The van der Waals surface area contributed by atoms with Gasteiger partial charge in [-0.05, 0) is 30.7 Å². The Labute approximate surface area is 142 Å². The van der Waals surface area contributed by atoms with Gasteiger partial charge in [-0.1, -0.05) is 46.3 Å². The van der Waals surface area contributed by atoms with Gasteiger partial charge in [0.25, 0.3) is 0 Å². The van der Waals surface area contributed by atoms with Gasteiger partial charge in [-0.25, -0.2) is 9.59 Å². The van der Waals surface area contributed by atoms with Crippen molar-refractivity contribution in [2.45, 2.75) is 13.5 Å². The van der Waals surface area contributed by atoms with Crippen molar-refractivity contribution in [2.24, 2.45) is 0 Å². The Morgan fingerprint density at radius 3 is 2.52 bits per heavy atom. The molecule has 0 bridgehead atoms. The number of rotatable bonds is 5. The summed E-state index contributed by atoms with van der Waals surface area (Å²) in [4.78, 5) is 23.8. The molecule has 1 N–H and O–H groups in total. The van der Waals surface area contributed by atoms with Gasteiger partial charge in [0.1, 0.15) is 6.61 Å². The fourth-order valence-corrected chi connectivity index (χ4v) is 2.23. The molecule has 0 aliphatic rings. The number of amides is 1. The van der Waals surface area contributed by atoms with E-state index in [9.17, 15) is 9.59 Å². The predicted octanol–water partition coefficient (Wildman–Crippen LogP) is 4.37. The van der Waals surface area contributed by atoms with Gasteiger partial charge in [0.2, 0.25) is 0 Å². The summed E-state index contributed by atoms with van der Waals surface area (Å²) in [7, 11) is 0. The van der Waals surface area contributed by atoms with Crippen LogP contribution in [0.5, 0.6) is 0 Å². The van der Waals surface area contributed by atoms with Crippen LogP contribution in [0.1, 0.15) is 22.8 Å². The Balaban J connectivity index is 2.04. The van der Waals surface area contributed by atoms with Gasteiger partial charge in [-0.15, -0.1) is 0 Å². The van der Waals surface area contributed by atoms with Gasteiger partial charge in [0.05, 0.1) is 17.9 Å². The summed E-state index contributed by atoms with van der Waals surface area (Å²) in [5.41, 5.74) is 1.48. The Hall–Kier alpha value is -2.34. The molecule has 0 fully saturated rings. The number of ether oxygens (including phenoxy) is 2. The summed E-state index contributed by atoms with van der Waals surface area (Å²) in [5, 5.41) is 2.56. The third-order valence-electron chi connectivity index (χ3n) is 2.93. The summed E-state index contributed by atoms with van der Waals surface area (Å²) in [6.45, 7) is 2.12. The minimum Gasteiger partial charge on any atom is -0.462 e. The van der Waals surface area contributed by atoms with Crippen LogP contribution in [0.15, 0.2) is 53.0 Å². The number of carbonyl (C=O) groups is 2. The summed E-state index contributed by atoms with van der Waals surface area (Å²) in [6, 6.07) is 14.2. The molecule has 0 aliphatic carbocycles. The van der Waals surface area contributed by atoms with Crippen LogP contribution in [0.25, 0.3) is 0 Å². The highest BCUT2D eigenvalue weighted by atomic mass is 79.9. The Morgan fingerprint density at radius 1 is 1.09 bits per heavy atom. The second-order valence-electron chi connectivity index (χ2n) is 4.60. The van der Waals surface area contributed by atoms with E-state index in [1.165, 1.54) is 0 Å². The number of nitrogens with one attached hydrogen (secondary N) is 1. The Kier molecular flexibility index (Phi) is 6.17. The molecule has 120 valence electrons. The van der Waals surface area contributed by atoms with Crippen molar-refractivity contribution >= 4 is 33.7 Å². The molecule has 6 heteroatoms. The lowest BCUT2D eigenvalue weighted by molar-refractivity contribution is 0.0527. The van der Waals surface area contributed by atoms with Crippen molar-refractivity contribution in [3.63, 3.8) is 0 Å². The smallest absolute Gasteiger partial charge is 0.411 e. The lowest BCUT2D eigenvalue weighted by Crippen LogP contribution is -2.17. The van der Waals surface area contributed by atoms with E-state index in [-0.39, 0.29) is 18.8 Å². The fraction of sp³-hybridized carbons (Fsp3) is 0.176. The van der Waals surface area contributed by atoms with E-state index in [2.05, 4.69) is 21.2 Å². The van der Waals surface area contributed by atoms with Crippen LogP contribution in [-0.2, 0) is 16.1 Å². The van der Waals surface area contributed by atoms with Crippen LogP contribution in [0.4, 0.5) is 10.5 Å². The maximum Gasteiger partial charge on any atom is 0.411 e.